The molecule has 730 valence electrons. The molecule has 0 bridgehead atoms. The van der Waals surface area contributed by atoms with E-state index in [-0.39, 0.29) is 155 Å². The molecule has 15 aromatic carbocycles. The van der Waals surface area contributed by atoms with E-state index in [9.17, 15) is 0 Å². The quantitative estimate of drug-likeness (QED) is 0.144. The van der Waals surface area contributed by atoms with Crippen LogP contribution in [0.1, 0.15) is 337 Å². The zero-order valence-corrected chi connectivity index (χ0v) is 91.5. The zero-order chi connectivity index (χ0) is 116. The van der Waals surface area contributed by atoms with Crippen molar-refractivity contribution in [2.45, 2.75) is 314 Å². The minimum absolute atomic E-state index is 0.0744. The van der Waals surface area contributed by atoms with Crippen LogP contribution in [0.25, 0.3) is 154 Å². The van der Waals surface area contributed by atoms with Crippen molar-refractivity contribution in [1.82, 2.24) is 18.3 Å². The second-order valence-corrected chi connectivity index (χ2v) is 52.2. The third kappa shape index (κ3) is 19.1. The van der Waals surface area contributed by atoms with Gasteiger partial charge in [-0.15, -0.1) is 0 Å². The zero-order valence-electron chi connectivity index (χ0n) is 106. The number of aromatic nitrogens is 4. The third-order valence-electron chi connectivity index (χ3n) is 28.7. The van der Waals surface area contributed by atoms with Crippen LogP contribution in [0.2, 0.25) is 0 Å². The van der Waals surface area contributed by atoms with Crippen molar-refractivity contribution in [1.29, 1.82) is 0 Å². The van der Waals surface area contributed by atoms with Crippen LogP contribution in [0.5, 0.6) is 0 Å². The molecule has 4 nitrogen and oxygen atoms in total. The number of benzene rings is 15. The molecule has 0 aliphatic rings. The first kappa shape index (κ1) is 83.0. The summed E-state index contributed by atoms with van der Waals surface area (Å²) in [4.78, 5) is 0. The highest BCUT2D eigenvalue weighted by Gasteiger charge is 2.37. The number of hydrogen-bond donors (Lipinski definition) is 0. The monoisotopic (exact) mass is 1890 g/mol. The van der Waals surface area contributed by atoms with Gasteiger partial charge in [-0.25, -0.2) is 0 Å². The molecule has 4 heterocycles. The van der Waals surface area contributed by atoms with Gasteiger partial charge in [0.05, 0.1) is 70.4 Å². The van der Waals surface area contributed by atoms with Crippen molar-refractivity contribution in [3.63, 3.8) is 0 Å². The summed E-state index contributed by atoms with van der Waals surface area (Å²) < 4.78 is 141. The van der Waals surface area contributed by atoms with E-state index in [2.05, 4.69) is 443 Å². The molecular formula is C138H158N4. The molecular weight excluding hydrogens is 1710 g/mol. The minimum atomic E-state index is -0.397. The smallest absolute Gasteiger partial charge is 0.0629 e. The molecule has 0 atom stereocenters. The van der Waals surface area contributed by atoms with Gasteiger partial charge < -0.3 is 18.3 Å². The molecule has 4 heteroatoms. The Morgan fingerprint density at radius 2 is 0.430 bits per heavy atom. The minimum Gasteiger partial charge on any atom is -0.309 e. The molecule has 0 N–H and O–H groups in total. The van der Waals surface area contributed by atoms with Gasteiger partial charge in [0.25, 0.3) is 0 Å². The summed E-state index contributed by atoms with van der Waals surface area (Å²) in [5.74, 6) is 0. The van der Waals surface area contributed by atoms with Crippen LogP contribution >= 0.6 is 0 Å². The van der Waals surface area contributed by atoms with Gasteiger partial charge in [0.2, 0.25) is 0 Å². The highest BCUT2D eigenvalue weighted by molar-refractivity contribution is 6.22. The SMILES string of the molecule is [2H]c1c([2H])c([2H])c(-c2cccc3c2c2c(C(C)(C)C)c(-c4cc(C(C)(C)C)cc(C(C)(C)C)c4)ccc2n3-c2cc(C(C)(C)C)cc(C(C)(C)C)c2)c([2H])c1[2H].[2H]c1c([2H])c([2H])c(-c2cccc3c2c2c(C(C)(C)C)c(-n4c5ccccc5c5ccccc54)ccc2n3-c2cc(C(C)(C)C)cc(C(C)(C)C)c2)c([2H])c1[2H].[2H]c1c([2H])c([2H])c(-c2cccc3c2c2c(C(C)(C)C)c(C(C)(C)C)ccc2n3-c2cc(C(C)(C)C)cc(C(C)(C)C)c2)c([2H])c1[2H]. The lowest BCUT2D eigenvalue weighted by molar-refractivity contribution is 0.535. The van der Waals surface area contributed by atoms with Crippen LogP contribution in [-0.2, 0) is 65.0 Å². The average molecular weight is 1890 g/mol. The fourth-order valence-electron chi connectivity index (χ4n) is 21.1. The van der Waals surface area contributed by atoms with Crippen molar-refractivity contribution in [3.8, 4) is 67.3 Å². The summed E-state index contributed by atoms with van der Waals surface area (Å²) in [5, 5.41) is 8.10. The molecule has 0 unspecified atom stereocenters. The Hall–Kier alpha value is -12.5. The van der Waals surface area contributed by atoms with Gasteiger partial charge in [0.1, 0.15) is 0 Å². The summed E-state index contributed by atoms with van der Waals surface area (Å²) in [5.41, 5.74) is 29.8. The Labute approximate surface area is 872 Å². The highest BCUT2D eigenvalue weighted by atomic mass is 15.0. The molecule has 19 rings (SSSR count). The molecule has 0 aliphatic heterocycles. The number of hydrogen-bond acceptors (Lipinski definition) is 0. The maximum absolute atomic E-state index is 9.16. The number of rotatable bonds is 8. The van der Waals surface area contributed by atoms with Crippen LogP contribution < -0.4 is 0 Å². The van der Waals surface area contributed by atoms with Crippen LogP contribution in [0.3, 0.4) is 0 Å². The topological polar surface area (TPSA) is 19.7 Å². The van der Waals surface area contributed by atoms with E-state index in [0.29, 0.717) is 16.7 Å². The van der Waals surface area contributed by atoms with Gasteiger partial charge in [0, 0.05) is 60.2 Å². The summed E-state index contributed by atoms with van der Waals surface area (Å²) in [6, 6.07) is 72.0. The van der Waals surface area contributed by atoms with Gasteiger partial charge in [-0.3, -0.25) is 0 Å². The molecule has 4 aromatic heterocycles. The average Bonchev–Trinajstić information content (AvgIpc) is 1.54. The number of para-hydroxylation sites is 2. The van der Waals surface area contributed by atoms with E-state index in [0.717, 1.165) is 121 Å². The van der Waals surface area contributed by atoms with Crippen LogP contribution in [0.15, 0.2) is 303 Å². The van der Waals surface area contributed by atoms with E-state index in [1.807, 2.05) is 36.4 Å². The van der Waals surface area contributed by atoms with E-state index in [1.54, 1.807) is 0 Å². The number of fused-ring (bicyclic) bond motifs is 12. The van der Waals surface area contributed by atoms with Crippen molar-refractivity contribution in [3.05, 3.63) is 370 Å². The van der Waals surface area contributed by atoms with Gasteiger partial charge in [-0.05, 0) is 267 Å². The van der Waals surface area contributed by atoms with Crippen LogP contribution in [0, 0.1) is 0 Å². The first-order chi connectivity index (χ1) is 72.3. The van der Waals surface area contributed by atoms with Crippen LogP contribution in [0.4, 0.5) is 0 Å². The lowest BCUT2D eigenvalue weighted by atomic mass is 9.73. The molecule has 0 aliphatic carbocycles. The Kier molecular flexibility index (Phi) is 20.9. The maximum Gasteiger partial charge on any atom is 0.0629 e. The van der Waals surface area contributed by atoms with E-state index < -0.39 is 17.5 Å². The normalized spacial score (nSPS) is 14.7. The van der Waals surface area contributed by atoms with E-state index >= 15 is 0 Å². The van der Waals surface area contributed by atoms with E-state index in [1.165, 1.54) is 66.4 Å². The molecule has 0 saturated heterocycles. The lowest BCUT2D eigenvalue weighted by Gasteiger charge is -2.31. The predicted molar refractivity (Wildman–Crippen MR) is 623 cm³/mol. The van der Waals surface area contributed by atoms with Crippen molar-refractivity contribution >= 4 is 87.2 Å². The van der Waals surface area contributed by atoms with Crippen LogP contribution in [-0.4, -0.2) is 18.3 Å². The molecule has 19 aromatic rings. The second kappa shape index (κ2) is 35.8. The molecule has 142 heavy (non-hydrogen) atoms. The maximum atomic E-state index is 9.16. The Morgan fingerprint density at radius 1 is 0.176 bits per heavy atom. The fraction of sp³-hybridized carbons (Fsp3) is 0.348. The van der Waals surface area contributed by atoms with Crippen molar-refractivity contribution < 1.29 is 20.6 Å². The Bertz CT molecular complexity index is 8800. The third-order valence-corrected chi connectivity index (χ3v) is 28.7. The number of nitrogens with zero attached hydrogens (tertiary/aromatic N) is 4. The standard InChI is InChI=1S/C50H61N.C48H48N2.C40H49N/c1-46(2,3)34-26-33(27-35(28-34)47(4,5)6)40-24-25-42-44(45(40)50(13,14)15)43-39(32-20-17-16-18-21-32)22-19-23-41(43)51(42)38-30-36(48(7,8)9)29-37(31-38)49(10,11)12;1-46(2,3)32-28-33(47(4,5)6)30-34(29-32)49-40-25-17-22-35(31-18-11-10-12-19-31)43(40)44-41(49)26-27-42(45(44)48(7,8)9)50-38-23-15-13-20-36(38)37-21-14-16-24-39(37)50;1-37(2,3)27-23-28(38(4,5)6)25-29(24-27)41-32-20-16-19-30(26-17-14-13-15-18-26)34(32)35-33(41)22-21-31(39(7,8)9)36(35)40(10,11)12/h16-31H,1-15H3;10-30H,1-9H3;13-25H,1-12H3/i16D,17D,18D,20D,21D;10D,11D,12D,18D,19D;13D,14D,15D,17D,18D. The predicted octanol–water partition coefficient (Wildman–Crippen LogP) is 39.7. The van der Waals surface area contributed by atoms with Gasteiger partial charge in [0.15, 0.2) is 0 Å². The fourth-order valence-corrected chi connectivity index (χ4v) is 21.1. The largest absolute Gasteiger partial charge is 0.309 e. The summed E-state index contributed by atoms with van der Waals surface area (Å²) in [6.45, 7) is 81.0. The molecule has 0 saturated carbocycles. The van der Waals surface area contributed by atoms with Crippen molar-refractivity contribution in [2.75, 3.05) is 0 Å². The molecule has 0 fully saturated rings. The van der Waals surface area contributed by atoms with Gasteiger partial charge in [-0.2, -0.15) is 0 Å². The molecule has 0 spiro atoms. The Balaban J connectivity index is 0.000000160. The summed E-state index contributed by atoms with van der Waals surface area (Å²) in [6.07, 6.45) is 0. The lowest BCUT2D eigenvalue weighted by Crippen LogP contribution is -2.22. The van der Waals surface area contributed by atoms with E-state index in [4.69, 9.17) is 20.6 Å². The Morgan fingerprint density at radius 3 is 0.718 bits per heavy atom. The van der Waals surface area contributed by atoms with Crippen molar-refractivity contribution in [2.24, 2.45) is 0 Å². The van der Waals surface area contributed by atoms with Gasteiger partial charge in [-0.1, -0.05) is 461 Å². The van der Waals surface area contributed by atoms with Gasteiger partial charge >= 0.3 is 0 Å². The molecule has 0 amide bonds. The summed E-state index contributed by atoms with van der Waals surface area (Å²) >= 11 is 0. The molecule has 0 radical (unpaired) electrons. The highest BCUT2D eigenvalue weighted by Crippen LogP contribution is 2.54. The first-order valence-corrected chi connectivity index (χ1v) is 51.0. The summed E-state index contributed by atoms with van der Waals surface area (Å²) in [7, 11) is 0. The second-order valence-electron chi connectivity index (χ2n) is 52.2. The first-order valence-electron chi connectivity index (χ1n) is 58.5.